The van der Waals surface area contributed by atoms with Crippen LogP contribution < -0.4 is 5.32 Å². The van der Waals surface area contributed by atoms with Crippen molar-refractivity contribution < 1.29 is 4.39 Å². The van der Waals surface area contributed by atoms with Gasteiger partial charge in [-0.3, -0.25) is 4.98 Å². The quantitative estimate of drug-likeness (QED) is 0.921. The third-order valence-electron chi connectivity index (χ3n) is 2.99. The number of rotatable bonds is 4. The number of hydrogen-bond donors (Lipinski definition) is 1. The molecule has 0 bridgehead atoms. The Bertz CT molecular complexity index is 563. The van der Waals surface area contributed by atoms with Crippen molar-refractivity contribution in [3.8, 4) is 10.7 Å². The Morgan fingerprint density at radius 1 is 1.50 bits per heavy atom. The highest BCUT2D eigenvalue weighted by atomic mass is 32.1. The summed E-state index contributed by atoms with van der Waals surface area (Å²) in [4.78, 5) is 9.90. The summed E-state index contributed by atoms with van der Waals surface area (Å²) in [7, 11) is 1.91. The molecule has 1 saturated carbocycles. The number of halogens is 1. The van der Waals surface area contributed by atoms with Gasteiger partial charge < -0.3 is 5.32 Å². The molecule has 1 aliphatic carbocycles. The average Bonchev–Trinajstić information content (AvgIpc) is 3.13. The lowest BCUT2D eigenvalue weighted by molar-refractivity contribution is 0.625. The van der Waals surface area contributed by atoms with Crippen LogP contribution in [0.3, 0.4) is 0 Å². The van der Waals surface area contributed by atoms with E-state index in [0.29, 0.717) is 16.6 Å². The molecule has 3 rings (SSSR count). The van der Waals surface area contributed by atoms with Crippen LogP contribution in [-0.4, -0.2) is 17.0 Å². The molecule has 0 aromatic carbocycles. The minimum Gasteiger partial charge on any atom is -0.315 e. The van der Waals surface area contributed by atoms with E-state index < -0.39 is 0 Å². The molecule has 0 saturated heterocycles. The lowest BCUT2D eigenvalue weighted by atomic mass is 10.2. The van der Waals surface area contributed by atoms with Crippen LogP contribution in [0, 0.1) is 5.82 Å². The minimum absolute atomic E-state index is 0.301. The molecule has 0 aliphatic heterocycles. The first-order valence-electron chi connectivity index (χ1n) is 6.04. The van der Waals surface area contributed by atoms with Gasteiger partial charge >= 0.3 is 0 Å². The highest BCUT2D eigenvalue weighted by molar-refractivity contribution is 7.15. The maximum absolute atomic E-state index is 13.7. The van der Waals surface area contributed by atoms with E-state index in [-0.39, 0.29) is 5.82 Å². The van der Waals surface area contributed by atoms with Gasteiger partial charge in [-0.15, -0.1) is 11.3 Å². The summed E-state index contributed by atoms with van der Waals surface area (Å²) in [5, 5.41) is 3.84. The van der Waals surface area contributed by atoms with E-state index in [1.165, 1.54) is 23.8 Å². The van der Waals surface area contributed by atoms with Gasteiger partial charge in [0.2, 0.25) is 0 Å². The smallest absolute Gasteiger partial charge is 0.151 e. The molecule has 0 radical (unpaired) electrons. The highest BCUT2D eigenvalue weighted by Crippen LogP contribution is 2.44. The molecule has 2 aromatic heterocycles. The molecule has 94 valence electrons. The Morgan fingerprint density at radius 3 is 3.00 bits per heavy atom. The topological polar surface area (TPSA) is 37.8 Å². The van der Waals surface area contributed by atoms with Gasteiger partial charge in [-0.05, 0) is 32.0 Å². The third-order valence-corrected chi connectivity index (χ3v) is 4.07. The second kappa shape index (κ2) is 4.74. The predicted octanol–water partition coefficient (Wildman–Crippen LogP) is 2.94. The molecule has 0 spiro atoms. The van der Waals surface area contributed by atoms with E-state index in [0.717, 1.165) is 12.2 Å². The Balaban J connectivity index is 2.02. The summed E-state index contributed by atoms with van der Waals surface area (Å²) in [5.74, 6) is 0.273. The van der Waals surface area contributed by atoms with Crippen molar-refractivity contribution in [2.24, 2.45) is 0 Å². The zero-order valence-corrected chi connectivity index (χ0v) is 10.9. The fourth-order valence-electron chi connectivity index (χ4n) is 1.97. The lowest BCUT2D eigenvalue weighted by Gasteiger charge is -1.97. The number of thiazole rings is 1. The Kier molecular flexibility index (Phi) is 3.09. The van der Waals surface area contributed by atoms with E-state index in [1.807, 2.05) is 7.05 Å². The van der Waals surface area contributed by atoms with Crippen molar-refractivity contribution >= 4 is 11.3 Å². The fraction of sp³-hybridized carbons (Fsp3) is 0.385. The van der Waals surface area contributed by atoms with Crippen LogP contribution in [0.5, 0.6) is 0 Å². The van der Waals surface area contributed by atoms with Gasteiger partial charge in [-0.1, -0.05) is 0 Å². The van der Waals surface area contributed by atoms with Gasteiger partial charge in [0.15, 0.2) is 5.82 Å². The van der Waals surface area contributed by atoms with Crippen molar-refractivity contribution in [2.45, 2.75) is 25.3 Å². The maximum atomic E-state index is 13.7. The van der Waals surface area contributed by atoms with Gasteiger partial charge in [-0.2, -0.15) is 0 Å². The number of hydrogen-bond acceptors (Lipinski definition) is 4. The van der Waals surface area contributed by atoms with Crippen LogP contribution in [0.25, 0.3) is 10.7 Å². The number of nitrogens with zero attached hydrogens (tertiary/aromatic N) is 2. The van der Waals surface area contributed by atoms with Gasteiger partial charge in [0.1, 0.15) is 10.7 Å². The number of aromatic nitrogens is 2. The molecular formula is C13H14FN3S. The van der Waals surface area contributed by atoms with Crippen molar-refractivity contribution in [2.75, 3.05) is 7.05 Å². The highest BCUT2D eigenvalue weighted by Gasteiger charge is 2.30. The zero-order valence-electron chi connectivity index (χ0n) is 10.1. The van der Waals surface area contributed by atoms with Crippen LogP contribution in [0.1, 0.15) is 29.3 Å². The summed E-state index contributed by atoms with van der Waals surface area (Å²) in [6.07, 6.45) is 4.00. The summed E-state index contributed by atoms with van der Waals surface area (Å²) >= 11 is 1.54. The Labute approximate surface area is 109 Å². The van der Waals surface area contributed by atoms with Crippen molar-refractivity contribution in [1.29, 1.82) is 0 Å². The van der Waals surface area contributed by atoms with Gasteiger partial charge in [0, 0.05) is 23.5 Å². The number of nitrogens with one attached hydrogen (secondary N) is 1. The number of pyridine rings is 1. The summed E-state index contributed by atoms with van der Waals surface area (Å²) in [6, 6.07) is 3.03. The molecule has 0 amide bonds. The molecule has 1 N–H and O–H groups in total. The monoisotopic (exact) mass is 263 g/mol. The zero-order chi connectivity index (χ0) is 12.5. The largest absolute Gasteiger partial charge is 0.315 e. The van der Waals surface area contributed by atoms with Gasteiger partial charge in [-0.25, -0.2) is 9.37 Å². The molecule has 2 aromatic rings. The second-order valence-corrected chi connectivity index (χ2v) is 5.55. The molecule has 0 unspecified atom stereocenters. The minimum atomic E-state index is -0.301. The SMILES string of the molecule is CNCc1sc(-c2ncccc2F)nc1C1CC1. The first-order chi connectivity index (χ1) is 8.79. The Morgan fingerprint density at radius 2 is 2.33 bits per heavy atom. The molecule has 1 aliphatic rings. The molecule has 2 heterocycles. The van der Waals surface area contributed by atoms with E-state index in [9.17, 15) is 4.39 Å². The van der Waals surface area contributed by atoms with Gasteiger partial charge in [0.05, 0.1) is 5.69 Å². The van der Waals surface area contributed by atoms with Crippen LogP contribution in [0.2, 0.25) is 0 Å². The van der Waals surface area contributed by atoms with E-state index in [2.05, 4.69) is 15.3 Å². The Hall–Kier alpha value is -1.33. The van der Waals surface area contributed by atoms with Crippen LogP contribution in [-0.2, 0) is 6.54 Å². The summed E-state index contributed by atoms with van der Waals surface area (Å²) in [5.41, 5.74) is 1.50. The lowest BCUT2D eigenvalue weighted by Crippen LogP contribution is -2.05. The normalized spacial score (nSPS) is 15.0. The van der Waals surface area contributed by atoms with Crippen molar-refractivity contribution in [3.05, 3.63) is 34.7 Å². The molecule has 3 nitrogen and oxygen atoms in total. The molecule has 1 fully saturated rings. The van der Waals surface area contributed by atoms with Gasteiger partial charge in [0.25, 0.3) is 0 Å². The van der Waals surface area contributed by atoms with E-state index in [4.69, 9.17) is 0 Å². The molecular weight excluding hydrogens is 249 g/mol. The van der Waals surface area contributed by atoms with Crippen LogP contribution >= 0.6 is 11.3 Å². The van der Waals surface area contributed by atoms with E-state index >= 15 is 0 Å². The van der Waals surface area contributed by atoms with Crippen LogP contribution in [0.4, 0.5) is 4.39 Å². The van der Waals surface area contributed by atoms with Crippen LogP contribution in [0.15, 0.2) is 18.3 Å². The van der Waals surface area contributed by atoms with E-state index in [1.54, 1.807) is 23.6 Å². The molecule has 5 heteroatoms. The first kappa shape index (κ1) is 11.7. The summed E-state index contributed by atoms with van der Waals surface area (Å²) < 4.78 is 13.7. The summed E-state index contributed by atoms with van der Waals surface area (Å²) in [6.45, 7) is 0.790. The van der Waals surface area contributed by atoms with Crippen molar-refractivity contribution in [1.82, 2.24) is 15.3 Å². The fourth-order valence-corrected chi connectivity index (χ4v) is 3.13. The average molecular weight is 263 g/mol. The first-order valence-corrected chi connectivity index (χ1v) is 6.86. The predicted molar refractivity (Wildman–Crippen MR) is 70.0 cm³/mol. The molecule has 18 heavy (non-hydrogen) atoms. The maximum Gasteiger partial charge on any atom is 0.151 e. The third kappa shape index (κ3) is 2.15. The molecule has 0 atom stereocenters. The second-order valence-electron chi connectivity index (χ2n) is 4.47. The van der Waals surface area contributed by atoms with Crippen molar-refractivity contribution in [3.63, 3.8) is 0 Å². The standard InChI is InChI=1S/C13H14FN3S/c1-15-7-10-11(8-4-5-8)17-13(18-10)12-9(14)3-2-6-16-12/h2-3,6,8,15H,4-5,7H2,1H3.